The van der Waals surface area contributed by atoms with Crippen LogP contribution < -0.4 is 5.32 Å². The van der Waals surface area contributed by atoms with Crippen molar-refractivity contribution >= 4 is 35.3 Å². The van der Waals surface area contributed by atoms with Crippen LogP contribution in [0.4, 0.5) is 4.79 Å². The molecule has 0 aliphatic carbocycles. The Bertz CT molecular complexity index is 560. The van der Waals surface area contributed by atoms with Gasteiger partial charge in [0.2, 0.25) is 0 Å². The third-order valence-electron chi connectivity index (χ3n) is 2.53. The number of phenols is 1. The first-order chi connectivity index (χ1) is 9.99. The lowest BCUT2D eigenvalue weighted by Crippen LogP contribution is -2.44. The number of aliphatic carboxylic acids is 1. The van der Waals surface area contributed by atoms with Gasteiger partial charge in [0.1, 0.15) is 17.4 Å². The normalized spacial score (nSPS) is 12.6. The van der Waals surface area contributed by atoms with Gasteiger partial charge in [-0.25, -0.2) is 9.59 Å². The zero-order valence-corrected chi connectivity index (χ0v) is 13.8. The first-order valence-electron chi connectivity index (χ1n) is 6.39. The Morgan fingerprint density at radius 2 is 1.91 bits per heavy atom. The maximum Gasteiger partial charge on any atom is 0.408 e. The Balaban J connectivity index is 2.90. The SMILES string of the molecule is CC(C)(C)OC(=O)NC(Cc1c(O)cc(Cl)cc1Cl)C(=O)O. The van der Waals surface area contributed by atoms with Crippen molar-refractivity contribution in [1.82, 2.24) is 5.32 Å². The third-order valence-corrected chi connectivity index (χ3v) is 3.09. The molecule has 0 heterocycles. The summed E-state index contributed by atoms with van der Waals surface area (Å²) in [5.41, 5.74) is -0.581. The van der Waals surface area contributed by atoms with Crippen LogP contribution in [-0.2, 0) is 16.0 Å². The first-order valence-corrected chi connectivity index (χ1v) is 7.14. The van der Waals surface area contributed by atoms with E-state index < -0.39 is 23.7 Å². The second-order valence-electron chi connectivity index (χ2n) is 5.63. The monoisotopic (exact) mass is 349 g/mol. The standard InChI is InChI=1S/C14H17Cl2NO5/c1-14(2,3)22-13(21)17-10(12(19)20)6-8-9(16)4-7(15)5-11(8)18/h4-5,10,18H,6H2,1-3H3,(H,17,21)(H,19,20). The van der Waals surface area contributed by atoms with Crippen LogP contribution in [0.25, 0.3) is 0 Å². The van der Waals surface area contributed by atoms with E-state index in [0.717, 1.165) is 0 Å². The molecule has 0 bridgehead atoms. The zero-order valence-electron chi connectivity index (χ0n) is 12.3. The number of alkyl carbamates (subject to hydrolysis) is 1. The number of phenolic OH excluding ortho intramolecular Hbond substituents is 1. The van der Waals surface area contributed by atoms with Crippen LogP contribution in [0.1, 0.15) is 26.3 Å². The highest BCUT2D eigenvalue weighted by molar-refractivity contribution is 6.35. The van der Waals surface area contributed by atoms with Crippen molar-refractivity contribution in [2.75, 3.05) is 0 Å². The lowest BCUT2D eigenvalue weighted by molar-refractivity contribution is -0.139. The van der Waals surface area contributed by atoms with Gasteiger partial charge in [-0.3, -0.25) is 0 Å². The summed E-state index contributed by atoms with van der Waals surface area (Å²) in [5, 5.41) is 21.6. The summed E-state index contributed by atoms with van der Waals surface area (Å²) in [4.78, 5) is 22.9. The summed E-state index contributed by atoms with van der Waals surface area (Å²) in [5.74, 6) is -1.52. The van der Waals surface area contributed by atoms with E-state index in [1.165, 1.54) is 12.1 Å². The second-order valence-corrected chi connectivity index (χ2v) is 6.47. The molecule has 0 radical (unpaired) electrons. The van der Waals surface area contributed by atoms with E-state index in [9.17, 15) is 19.8 Å². The van der Waals surface area contributed by atoms with Crippen LogP contribution >= 0.6 is 23.2 Å². The molecule has 3 N–H and O–H groups in total. The summed E-state index contributed by atoms with van der Waals surface area (Å²) in [6.07, 6.45) is -1.08. The fraction of sp³-hybridized carbons (Fsp3) is 0.429. The van der Waals surface area contributed by atoms with Gasteiger partial charge in [0, 0.05) is 22.0 Å². The molecule has 0 aromatic heterocycles. The van der Waals surface area contributed by atoms with Crippen LogP contribution in [0.3, 0.4) is 0 Å². The average Bonchev–Trinajstić information content (AvgIpc) is 2.29. The molecular formula is C14H17Cl2NO5. The van der Waals surface area contributed by atoms with Gasteiger partial charge in [-0.2, -0.15) is 0 Å². The van der Waals surface area contributed by atoms with E-state index in [-0.39, 0.29) is 27.8 Å². The number of aromatic hydroxyl groups is 1. The Labute approximate surface area is 138 Å². The predicted molar refractivity (Wildman–Crippen MR) is 82.6 cm³/mol. The Morgan fingerprint density at radius 1 is 1.32 bits per heavy atom. The number of carbonyl (C=O) groups excluding carboxylic acids is 1. The highest BCUT2D eigenvalue weighted by Gasteiger charge is 2.26. The zero-order chi connectivity index (χ0) is 17.1. The number of rotatable bonds is 4. The molecule has 0 aliphatic heterocycles. The molecule has 6 nitrogen and oxygen atoms in total. The summed E-state index contributed by atoms with van der Waals surface area (Å²) < 4.78 is 5.01. The average molecular weight is 350 g/mol. The fourth-order valence-corrected chi connectivity index (χ4v) is 2.21. The summed E-state index contributed by atoms with van der Waals surface area (Å²) in [6, 6.07) is 1.32. The van der Waals surface area contributed by atoms with Gasteiger partial charge in [-0.05, 0) is 32.9 Å². The van der Waals surface area contributed by atoms with Crippen molar-refractivity contribution < 1.29 is 24.5 Å². The van der Waals surface area contributed by atoms with Crippen molar-refractivity contribution in [3.05, 3.63) is 27.7 Å². The van der Waals surface area contributed by atoms with E-state index in [1.807, 2.05) is 0 Å². The van der Waals surface area contributed by atoms with Gasteiger partial charge in [0.25, 0.3) is 0 Å². The minimum Gasteiger partial charge on any atom is -0.508 e. The van der Waals surface area contributed by atoms with E-state index in [0.29, 0.717) is 0 Å². The van der Waals surface area contributed by atoms with Crippen molar-refractivity contribution in [2.45, 2.75) is 38.8 Å². The number of amides is 1. The number of carboxylic acid groups (broad SMARTS) is 1. The minimum absolute atomic E-state index is 0.113. The lowest BCUT2D eigenvalue weighted by atomic mass is 10.0. The number of carbonyl (C=O) groups is 2. The minimum atomic E-state index is -1.31. The maximum atomic E-state index is 11.7. The molecule has 1 amide bonds. The van der Waals surface area contributed by atoms with E-state index in [2.05, 4.69) is 5.32 Å². The molecule has 0 saturated heterocycles. The van der Waals surface area contributed by atoms with E-state index in [1.54, 1.807) is 20.8 Å². The molecule has 1 rings (SSSR count). The van der Waals surface area contributed by atoms with Gasteiger partial charge < -0.3 is 20.3 Å². The second kappa shape index (κ2) is 7.07. The largest absolute Gasteiger partial charge is 0.508 e. The molecule has 22 heavy (non-hydrogen) atoms. The number of hydrogen-bond acceptors (Lipinski definition) is 4. The van der Waals surface area contributed by atoms with Crippen molar-refractivity contribution in [1.29, 1.82) is 0 Å². The quantitative estimate of drug-likeness (QED) is 0.775. The van der Waals surface area contributed by atoms with Crippen molar-refractivity contribution in [3.63, 3.8) is 0 Å². The van der Waals surface area contributed by atoms with Gasteiger partial charge >= 0.3 is 12.1 Å². The smallest absolute Gasteiger partial charge is 0.408 e. The van der Waals surface area contributed by atoms with Crippen LogP contribution in [0.5, 0.6) is 5.75 Å². The Kier molecular flexibility index (Phi) is 5.91. The van der Waals surface area contributed by atoms with Crippen LogP contribution in [0.15, 0.2) is 12.1 Å². The molecule has 8 heteroatoms. The third kappa shape index (κ3) is 5.61. The first kappa shape index (κ1) is 18.4. The van der Waals surface area contributed by atoms with E-state index >= 15 is 0 Å². The number of hydrogen-bond donors (Lipinski definition) is 3. The highest BCUT2D eigenvalue weighted by atomic mass is 35.5. The molecule has 0 aliphatic rings. The lowest BCUT2D eigenvalue weighted by Gasteiger charge is -2.22. The molecule has 1 atom stereocenters. The van der Waals surface area contributed by atoms with E-state index in [4.69, 9.17) is 27.9 Å². The molecule has 1 aromatic carbocycles. The topological polar surface area (TPSA) is 95.9 Å². The molecule has 0 spiro atoms. The van der Waals surface area contributed by atoms with Crippen molar-refractivity contribution in [2.24, 2.45) is 0 Å². The Hall–Kier alpha value is -1.66. The maximum absolute atomic E-state index is 11.7. The highest BCUT2D eigenvalue weighted by Crippen LogP contribution is 2.31. The molecule has 0 fully saturated rings. The predicted octanol–water partition coefficient (Wildman–Crippen LogP) is 3.22. The van der Waals surface area contributed by atoms with Crippen LogP contribution in [0.2, 0.25) is 10.0 Å². The Morgan fingerprint density at radius 3 is 2.36 bits per heavy atom. The number of nitrogens with one attached hydrogen (secondary N) is 1. The molecule has 0 saturated carbocycles. The summed E-state index contributed by atoms with van der Waals surface area (Å²) in [6.45, 7) is 4.97. The van der Waals surface area contributed by atoms with Gasteiger partial charge in [-0.1, -0.05) is 23.2 Å². The number of ether oxygens (including phenoxy) is 1. The molecule has 1 aromatic rings. The molecule has 1 unspecified atom stereocenters. The van der Waals surface area contributed by atoms with Crippen molar-refractivity contribution in [3.8, 4) is 5.75 Å². The van der Waals surface area contributed by atoms with Gasteiger partial charge in [0.15, 0.2) is 0 Å². The number of benzene rings is 1. The number of halogens is 2. The molecule has 122 valence electrons. The number of carboxylic acids is 1. The van der Waals surface area contributed by atoms with Crippen LogP contribution in [0, 0.1) is 0 Å². The molecular weight excluding hydrogens is 333 g/mol. The van der Waals surface area contributed by atoms with Crippen LogP contribution in [-0.4, -0.2) is 33.9 Å². The fourth-order valence-electron chi connectivity index (χ4n) is 1.65. The van der Waals surface area contributed by atoms with Gasteiger partial charge in [-0.15, -0.1) is 0 Å². The summed E-state index contributed by atoms with van der Waals surface area (Å²) >= 11 is 11.7. The summed E-state index contributed by atoms with van der Waals surface area (Å²) in [7, 11) is 0. The van der Waals surface area contributed by atoms with Gasteiger partial charge in [0.05, 0.1) is 0 Å².